The maximum Gasteiger partial charge on any atom is 0.406 e. The van der Waals surface area contributed by atoms with Crippen molar-refractivity contribution in [3.8, 4) is 17.2 Å². The van der Waals surface area contributed by atoms with E-state index < -0.39 is 21.9 Å². The molecule has 1 N–H and O–H groups in total. The summed E-state index contributed by atoms with van der Waals surface area (Å²) in [7, 11) is -3.37. The summed E-state index contributed by atoms with van der Waals surface area (Å²) < 4.78 is 28.7. The molecule has 0 aromatic heterocycles. The Kier molecular flexibility index (Phi) is 8.21. The van der Waals surface area contributed by atoms with Crippen LogP contribution in [0.15, 0.2) is 24.3 Å². The first kappa shape index (κ1) is 21.0. The lowest BCUT2D eigenvalue weighted by Gasteiger charge is -2.22. The number of methoxy groups -OCH3 is 1. The van der Waals surface area contributed by atoms with Gasteiger partial charge in [-0.05, 0) is 31.5 Å². The van der Waals surface area contributed by atoms with Gasteiger partial charge in [-0.3, -0.25) is 9.05 Å². The highest BCUT2D eigenvalue weighted by molar-refractivity contribution is 7.51. The molecule has 7 heteroatoms. The van der Waals surface area contributed by atoms with Gasteiger partial charge in [0, 0.05) is 0 Å². The van der Waals surface area contributed by atoms with E-state index in [2.05, 4.69) is 36.2 Å². The second-order valence-corrected chi connectivity index (χ2v) is 12.7. The van der Waals surface area contributed by atoms with E-state index in [9.17, 15) is 4.57 Å². The molecule has 1 aromatic rings. The number of ether oxygens (including phenoxy) is 1. The number of hydrogen-bond donors (Lipinski definition) is 1. The highest BCUT2D eigenvalue weighted by Crippen LogP contribution is 2.46. The normalized spacial score (nSPS) is 13.1. The molecule has 0 radical (unpaired) electrons. The Labute approximate surface area is 146 Å². The van der Waals surface area contributed by atoms with Crippen LogP contribution in [0, 0.1) is 11.5 Å². The fraction of sp³-hybridized carbons (Fsp3) is 0.529. The Morgan fingerprint density at radius 2 is 1.67 bits per heavy atom. The summed E-state index contributed by atoms with van der Waals surface area (Å²) in [6.07, 6.45) is 0. The Morgan fingerprint density at radius 1 is 1.12 bits per heavy atom. The lowest BCUT2D eigenvalue weighted by atomic mass is 10.1. The molecule has 0 saturated carbocycles. The molecule has 0 fully saturated rings. The van der Waals surface area contributed by atoms with Gasteiger partial charge in [-0.25, -0.2) is 9.65 Å². The van der Waals surface area contributed by atoms with Crippen molar-refractivity contribution in [1.82, 2.24) is 5.09 Å². The van der Waals surface area contributed by atoms with E-state index in [1.54, 1.807) is 21.0 Å². The van der Waals surface area contributed by atoms with E-state index in [1.165, 1.54) is 0 Å². The molecular weight excluding hydrogens is 341 g/mol. The van der Waals surface area contributed by atoms with Crippen molar-refractivity contribution in [2.45, 2.75) is 39.5 Å². The van der Waals surface area contributed by atoms with E-state index in [1.807, 2.05) is 24.3 Å². The highest BCUT2D eigenvalue weighted by atomic mass is 31.2. The van der Waals surface area contributed by atoms with Crippen molar-refractivity contribution in [2.24, 2.45) is 0 Å². The predicted octanol–water partition coefficient (Wildman–Crippen LogP) is 4.39. The Balaban J connectivity index is 3.16. The van der Waals surface area contributed by atoms with Gasteiger partial charge < -0.3 is 4.74 Å². The first-order valence-corrected chi connectivity index (χ1v) is 13.1. The van der Waals surface area contributed by atoms with Crippen molar-refractivity contribution in [3.05, 3.63) is 29.8 Å². The summed E-state index contributed by atoms with van der Waals surface area (Å²) in [6, 6.07) is 7.07. The minimum atomic E-state index is -3.41. The quantitative estimate of drug-likeness (QED) is 0.418. The average molecular weight is 369 g/mol. The smallest absolute Gasteiger partial charge is 0.406 e. The standard InChI is InChI=1S/C17H28NO4PSi/c1-7-21-23(19,22-8-2)18-17(13-14-24(4,5)6)15-9-11-16(20-3)12-10-15/h9-12,17H,7-8H2,1-6H3,(H,18,19)/t17-/m1/s1. The first-order valence-electron chi connectivity index (χ1n) is 8.06. The van der Waals surface area contributed by atoms with Crippen molar-refractivity contribution < 1.29 is 18.3 Å². The molecule has 0 aliphatic carbocycles. The van der Waals surface area contributed by atoms with Gasteiger partial charge in [0.25, 0.3) is 0 Å². The van der Waals surface area contributed by atoms with Gasteiger partial charge in [-0.1, -0.05) is 37.7 Å². The molecule has 0 aliphatic rings. The molecular formula is C17H28NO4PSi. The minimum Gasteiger partial charge on any atom is -0.497 e. The van der Waals surface area contributed by atoms with Crippen molar-refractivity contribution in [1.29, 1.82) is 0 Å². The molecule has 0 unspecified atom stereocenters. The highest BCUT2D eigenvalue weighted by Gasteiger charge is 2.28. The second kappa shape index (κ2) is 9.41. The first-order chi connectivity index (χ1) is 11.2. The van der Waals surface area contributed by atoms with E-state index in [0.29, 0.717) is 13.2 Å². The van der Waals surface area contributed by atoms with Crippen LogP contribution in [0.1, 0.15) is 25.5 Å². The Bertz CT molecular complexity index is 606. The predicted molar refractivity (Wildman–Crippen MR) is 101 cm³/mol. The fourth-order valence-corrected chi connectivity index (χ4v) is 3.90. The van der Waals surface area contributed by atoms with Gasteiger partial charge >= 0.3 is 7.75 Å². The van der Waals surface area contributed by atoms with Gasteiger partial charge in [0.1, 0.15) is 19.9 Å². The monoisotopic (exact) mass is 369 g/mol. The van der Waals surface area contributed by atoms with Crippen LogP contribution in [0.2, 0.25) is 19.6 Å². The summed E-state index contributed by atoms with van der Waals surface area (Å²) in [5.74, 6) is 3.97. The largest absolute Gasteiger partial charge is 0.497 e. The molecule has 0 saturated heterocycles. The van der Waals surface area contributed by atoms with Crippen LogP contribution in [-0.4, -0.2) is 28.4 Å². The third-order valence-electron chi connectivity index (χ3n) is 2.93. The number of nitrogens with one attached hydrogen (secondary N) is 1. The third kappa shape index (κ3) is 7.21. The van der Waals surface area contributed by atoms with Crippen LogP contribution in [0.5, 0.6) is 5.75 Å². The minimum absolute atomic E-state index is 0.293. The molecule has 5 nitrogen and oxygen atoms in total. The molecule has 0 aliphatic heterocycles. The summed E-state index contributed by atoms with van der Waals surface area (Å²) in [6.45, 7) is 10.6. The van der Waals surface area contributed by atoms with Gasteiger partial charge in [0.05, 0.1) is 20.3 Å². The fourth-order valence-electron chi connectivity index (χ4n) is 1.89. The van der Waals surface area contributed by atoms with Crippen LogP contribution in [0.25, 0.3) is 0 Å². The van der Waals surface area contributed by atoms with E-state index >= 15 is 0 Å². The van der Waals surface area contributed by atoms with E-state index in [0.717, 1.165) is 11.3 Å². The molecule has 24 heavy (non-hydrogen) atoms. The zero-order chi connectivity index (χ0) is 18.2. The zero-order valence-electron chi connectivity index (χ0n) is 15.4. The third-order valence-corrected chi connectivity index (χ3v) is 5.59. The topological polar surface area (TPSA) is 56.8 Å². The second-order valence-electron chi connectivity index (χ2n) is 6.19. The molecule has 1 atom stereocenters. The molecule has 0 heterocycles. The number of rotatable bonds is 8. The maximum atomic E-state index is 12.8. The SMILES string of the molecule is CCOP(=O)(N[C@H](C#C[Si](C)(C)C)c1ccc(OC)cc1)OCC. The molecule has 0 bridgehead atoms. The maximum absolute atomic E-state index is 12.8. The number of benzene rings is 1. The van der Waals surface area contributed by atoms with Crippen molar-refractivity contribution in [2.75, 3.05) is 20.3 Å². The summed E-state index contributed by atoms with van der Waals surface area (Å²) in [5.41, 5.74) is 4.21. The van der Waals surface area contributed by atoms with Crippen LogP contribution < -0.4 is 9.82 Å². The van der Waals surface area contributed by atoms with Gasteiger partial charge in [0.2, 0.25) is 0 Å². The lowest BCUT2D eigenvalue weighted by Crippen LogP contribution is -2.22. The molecule has 0 spiro atoms. The van der Waals surface area contributed by atoms with Crippen molar-refractivity contribution >= 4 is 15.8 Å². The van der Waals surface area contributed by atoms with Crippen LogP contribution in [-0.2, 0) is 13.6 Å². The average Bonchev–Trinajstić information content (AvgIpc) is 2.51. The van der Waals surface area contributed by atoms with Gasteiger partial charge in [-0.15, -0.1) is 5.54 Å². The van der Waals surface area contributed by atoms with Gasteiger partial charge in [-0.2, -0.15) is 0 Å². The lowest BCUT2D eigenvalue weighted by molar-refractivity contribution is 0.209. The van der Waals surface area contributed by atoms with Crippen molar-refractivity contribution in [3.63, 3.8) is 0 Å². The van der Waals surface area contributed by atoms with E-state index in [4.69, 9.17) is 13.8 Å². The molecule has 1 rings (SSSR count). The summed E-state index contributed by atoms with van der Waals surface area (Å²) in [5, 5.41) is 2.98. The van der Waals surface area contributed by atoms with Gasteiger partial charge in [0.15, 0.2) is 0 Å². The number of hydrogen-bond acceptors (Lipinski definition) is 4. The molecule has 0 amide bonds. The zero-order valence-corrected chi connectivity index (χ0v) is 17.3. The Morgan fingerprint density at radius 3 is 2.08 bits per heavy atom. The van der Waals surface area contributed by atoms with Crippen LogP contribution >= 0.6 is 7.75 Å². The van der Waals surface area contributed by atoms with Crippen LogP contribution in [0.3, 0.4) is 0 Å². The Hall–Kier alpha value is -1.09. The molecule has 134 valence electrons. The van der Waals surface area contributed by atoms with E-state index in [-0.39, 0.29) is 0 Å². The molecule has 1 aromatic carbocycles. The van der Waals surface area contributed by atoms with Crippen LogP contribution in [0.4, 0.5) is 0 Å². The summed E-state index contributed by atoms with van der Waals surface area (Å²) in [4.78, 5) is 0. The summed E-state index contributed by atoms with van der Waals surface area (Å²) >= 11 is 0.